The molecule has 0 saturated heterocycles. The Morgan fingerprint density at radius 2 is 1.79 bits per heavy atom. The van der Waals surface area contributed by atoms with E-state index < -0.39 is 5.91 Å². The highest BCUT2D eigenvalue weighted by Crippen LogP contribution is 2.17. The van der Waals surface area contributed by atoms with Crippen molar-refractivity contribution in [1.82, 2.24) is 0 Å². The number of carbonyl (C=O) groups is 1. The summed E-state index contributed by atoms with van der Waals surface area (Å²) in [5, 5.41) is 12.1. The highest BCUT2D eigenvalue weighted by molar-refractivity contribution is 6.09. The molecule has 4 nitrogen and oxygen atoms in total. The Kier molecular flexibility index (Phi) is 9.51. The average Bonchev–Trinajstić information content (AvgIpc) is 2.72. The fraction of sp³-hybridized carbons (Fsp3) is 0.360. The molecule has 0 fully saturated rings. The summed E-state index contributed by atoms with van der Waals surface area (Å²) in [6.45, 7) is 4.88. The predicted octanol–water partition coefficient (Wildman–Crippen LogP) is 6.28. The molecule has 0 radical (unpaired) electrons. The third-order valence-electron chi connectivity index (χ3n) is 4.60. The number of nitrogens with one attached hydrogen (secondary N) is 1. The predicted molar refractivity (Wildman–Crippen MR) is 119 cm³/mol. The van der Waals surface area contributed by atoms with Crippen LogP contribution in [-0.4, -0.2) is 12.5 Å². The lowest BCUT2D eigenvalue weighted by Crippen LogP contribution is -2.13. The molecule has 2 aromatic rings. The van der Waals surface area contributed by atoms with Crippen LogP contribution in [0.1, 0.15) is 56.6 Å². The van der Waals surface area contributed by atoms with Crippen molar-refractivity contribution >= 4 is 17.7 Å². The summed E-state index contributed by atoms with van der Waals surface area (Å²) >= 11 is 0. The van der Waals surface area contributed by atoms with Crippen LogP contribution in [0.2, 0.25) is 0 Å². The van der Waals surface area contributed by atoms with Gasteiger partial charge in [-0.25, -0.2) is 0 Å². The van der Waals surface area contributed by atoms with Gasteiger partial charge in [0.15, 0.2) is 0 Å². The summed E-state index contributed by atoms with van der Waals surface area (Å²) in [4.78, 5) is 12.4. The summed E-state index contributed by atoms with van der Waals surface area (Å²) in [5.41, 5.74) is 2.57. The van der Waals surface area contributed by atoms with Crippen LogP contribution in [0.25, 0.3) is 6.08 Å². The monoisotopic (exact) mass is 390 g/mol. The molecule has 4 heteroatoms. The van der Waals surface area contributed by atoms with Crippen molar-refractivity contribution in [1.29, 1.82) is 5.26 Å². The van der Waals surface area contributed by atoms with Gasteiger partial charge in [-0.15, -0.1) is 0 Å². The summed E-state index contributed by atoms with van der Waals surface area (Å²) in [7, 11) is 0. The highest BCUT2D eigenvalue weighted by Gasteiger charge is 2.09. The van der Waals surface area contributed by atoms with Crippen molar-refractivity contribution in [3.63, 3.8) is 0 Å². The van der Waals surface area contributed by atoms with Crippen molar-refractivity contribution in [2.45, 2.75) is 52.4 Å². The van der Waals surface area contributed by atoms with Crippen LogP contribution < -0.4 is 10.1 Å². The number of nitrogens with zero attached hydrogens (tertiary/aromatic N) is 1. The number of amides is 1. The van der Waals surface area contributed by atoms with Gasteiger partial charge in [0.1, 0.15) is 17.4 Å². The maximum absolute atomic E-state index is 12.4. The summed E-state index contributed by atoms with van der Waals surface area (Å²) in [6.07, 6.45) is 8.98. The molecule has 0 bridgehead atoms. The molecule has 0 spiro atoms. The SMILES string of the molecule is CCCCCCCCOc1ccc(C=C(C#N)C(=O)Nc2cccc(C)c2)cc1. The van der Waals surface area contributed by atoms with Crippen molar-refractivity contribution in [3.8, 4) is 11.8 Å². The first kappa shape index (κ1) is 22.2. The van der Waals surface area contributed by atoms with Gasteiger partial charge >= 0.3 is 0 Å². The molecule has 0 aliphatic rings. The number of unbranched alkanes of at least 4 members (excludes halogenated alkanes) is 5. The molecule has 152 valence electrons. The lowest BCUT2D eigenvalue weighted by Gasteiger charge is -2.07. The second-order valence-corrected chi connectivity index (χ2v) is 7.18. The Morgan fingerprint density at radius 1 is 1.07 bits per heavy atom. The fourth-order valence-corrected chi connectivity index (χ4v) is 2.97. The van der Waals surface area contributed by atoms with E-state index in [1.54, 1.807) is 12.1 Å². The van der Waals surface area contributed by atoms with Crippen molar-refractivity contribution in [2.75, 3.05) is 11.9 Å². The van der Waals surface area contributed by atoms with E-state index in [9.17, 15) is 10.1 Å². The van der Waals surface area contributed by atoms with E-state index in [0.717, 1.165) is 23.3 Å². The first-order valence-corrected chi connectivity index (χ1v) is 10.3. The topological polar surface area (TPSA) is 62.1 Å². The molecular weight excluding hydrogens is 360 g/mol. The Morgan fingerprint density at radius 3 is 2.48 bits per heavy atom. The smallest absolute Gasteiger partial charge is 0.266 e. The molecule has 0 unspecified atom stereocenters. The lowest BCUT2D eigenvalue weighted by molar-refractivity contribution is -0.112. The molecule has 29 heavy (non-hydrogen) atoms. The Bertz CT molecular complexity index is 848. The number of anilines is 1. The van der Waals surface area contributed by atoms with E-state index in [-0.39, 0.29) is 5.57 Å². The maximum atomic E-state index is 12.4. The van der Waals surface area contributed by atoms with E-state index in [1.807, 2.05) is 55.5 Å². The standard InChI is InChI=1S/C25H30N2O2/c1-3-4-5-6-7-8-16-29-24-14-12-21(13-15-24)18-22(19-26)25(28)27-23-11-9-10-20(2)17-23/h9-15,17-18H,3-8,16H2,1-2H3,(H,27,28). The van der Waals surface area contributed by atoms with E-state index in [2.05, 4.69) is 12.2 Å². The molecule has 0 saturated carbocycles. The minimum Gasteiger partial charge on any atom is -0.494 e. The van der Waals surface area contributed by atoms with E-state index in [0.29, 0.717) is 12.3 Å². The van der Waals surface area contributed by atoms with Gasteiger partial charge in [0.05, 0.1) is 6.61 Å². The zero-order chi connectivity index (χ0) is 20.9. The summed E-state index contributed by atoms with van der Waals surface area (Å²) < 4.78 is 5.77. The Balaban J connectivity index is 1.86. The van der Waals surface area contributed by atoms with Crippen LogP contribution in [0.4, 0.5) is 5.69 Å². The normalized spacial score (nSPS) is 11.0. The number of aryl methyl sites for hydroxylation is 1. The van der Waals surface area contributed by atoms with Crippen LogP contribution in [0.15, 0.2) is 54.1 Å². The first-order valence-electron chi connectivity index (χ1n) is 10.3. The van der Waals surface area contributed by atoms with Crippen LogP contribution >= 0.6 is 0 Å². The largest absolute Gasteiger partial charge is 0.494 e. The Labute approximate surface area is 174 Å². The molecule has 0 atom stereocenters. The molecule has 0 aliphatic carbocycles. The van der Waals surface area contributed by atoms with Gasteiger partial charge in [-0.2, -0.15) is 5.26 Å². The van der Waals surface area contributed by atoms with Gasteiger partial charge in [0.2, 0.25) is 0 Å². The fourth-order valence-electron chi connectivity index (χ4n) is 2.97. The summed E-state index contributed by atoms with van der Waals surface area (Å²) in [6, 6.07) is 16.9. The van der Waals surface area contributed by atoms with Crippen molar-refractivity contribution < 1.29 is 9.53 Å². The number of benzene rings is 2. The van der Waals surface area contributed by atoms with E-state index in [1.165, 1.54) is 32.1 Å². The number of hydrogen-bond acceptors (Lipinski definition) is 3. The minimum atomic E-state index is -0.415. The molecule has 0 aliphatic heterocycles. The Hall–Kier alpha value is -3.06. The summed E-state index contributed by atoms with van der Waals surface area (Å²) in [5.74, 6) is 0.389. The first-order chi connectivity index (χ1) is 14.1. The van der Waals surface area contributed by atoms with E-state index >= 15 is 0 Å². The van der Waals surface area contributed by atoms with Crippen LogP contribution in [0.3, 0.4) is 0 Å². The molecule has 1 N–H and O–H groups in total. The van der Waals surface area contributed by atoms with Gasteiger partial charge in [0, 0.05) is 5.69 Å². The third-order valence-corrected chi connectivity index (χ3v) is 4.60. The molecule has 0 heterocycles. The second-order valence-electron chi connectivity index (χ2n) is 7.18. The molecule has 0 aromatic heterocycles. The van der Waals surface area contributed by atoms with Crippen LogP contribution in [0.5, 0.6) is 5.75 Å². The zero-order valence-electron chi connectivity index (χ0n) is 17.4. The number of hydrogen-bond donors (Lipinski definition) is 1. The van der Waals surface area contributed by atoms with Gasteiger partial charge < -0.3 is 10.1 Å². The van der Waals surface area contributed by atoms with Crippen molar-refractivity contribution in [3.05, 3.63) is 65.2 Å². The maximum Gasteiger partial charge on any atom is 0.266 e. The molecule has 1 amide bonds. The average molecular weight is 391 g/mol. The van der Waals surface area contributed by atoms with Crippen molar-refractivity contribution in [2.24, 2.45) is 0 Å². The number of nitriles is 1. The highest BCUT2D eigenvalue weighted by atomic mass is 16.5. The molecular formula is C25H30N2O2. The van der Waals surface area contributed by atoms with E-state index in [4.69, 9.17) is 4.74 Å². The van der Waals surface area contributed by atoms with Gasteiger partial charge in [-0.05, 0) is 54.8 Å². The zero-order valence-corrected chi connectivity index (χ0v) is 17.4. The lowest BCUT2D eigenvalue weighted by atomic mass is 10.1. The number of rotatable bonds is 11. The van der Waals surface area contributed by atoms with Gasteiger partial charge in [-0.3, -0.25) is 4.79 Å². The number of carbonyl (C=O) groups excluding carboxylic acids is 1. The van der Waals surface area contributed by atoms with Gasteiger partial charge in [-0.1, -0.05) is 63.3 Å². The number of ether oxygens (including phenoxy) is 1. The van der Waals surface area contributed by atoms with Crippen LogP contribution in [0, 0.1) is 18.3 Å². The molecule has 2 rings (SSSR count). The minimum absolute atomic E-state index is 0.0623. The quantitative estimate of drug-likeness (QED) is 0.279. The molecule has 2 aromatic carbocycles. The van der Waals surface area contributed by atoms with Gasteiger partial charge in [0.25, 0.3) is 5.91 Å². The second kappa shape index (κ2) is 12.4. The van der Waals surface area contributed by atoms with Crippen LogP contribution in [-0.2, 0) is 4.79 Å². The third kappa shape index (κ3) is 8.23.